The molecule has 0 spiro atoms. The molecule has 3 rings (SSSR count). The van der Waals surface area contributed by atoms with Gasteiger partial charge in [0.15, 0.2) is 11.5 Å². The highest BCUT2D eigenvalue weighted by molar-refractivity contribution is 5.95. The fourth-order valence-electron chi connectivity index (χ4n) is 3.18. The number of aliphatic hydroxyl groups excluding tert-OH is 1. The molecule has 1 aromatic carbocycles. The van der Waals surface area contributed by atoms with Crippen molar-refractivity contribution in [3.8, 4) is 11.3 Å². The third kappa shape index (κ3) is 3.90. The first-order chi connectivity index (χ1) is 12.3. The minimum Gasteiger partial charge on any atom is -0.393 e. The highest BCUT2D eigenvalue weighted by Crippen LogP contribution is 2.32. The van der Waals surface area contributed by atoms with Crippen LogP contribution in [-0.2, 0) is 6.18 Å². The van der Waals surface area contributed by atoms with Gasteiger partial charge in [0.1, 0.15) is 0 Å². The lowest BCUT2D eigenvalue weighted by atomic mass is 9.93. The first kappa shape index (κ1) is 18.4. The fourth-order valence-corrected chi connectivity index (χ4v) is 3.18. The van der Waals surface area contributed by atoms with Crippen LogP contribution in [0.5, 0.6) is 0 Å². The molecule has 2 N–H and O–H groups in total. The smallest absolute Gasteiger partial charge is 0.393 e. The van der Waals surface area contributed by atoms with E-state index in [2.05, 4.69) is 10.5 Å². The van der Waals surface area contributed by atoms with Gasteiger partial charge in [0.25, 0.3) is 5.91 Å². The first-order valence-corrected chi connectivity index (χ1v) is 8.38. The van der Waals surface area contributed by atoms with Crippen LogP contribution in [-0.4, -0.2) is 28.3 Å². The highest BCUT2D eigenvalue weighted by Gasteiger charge is 2.30. The van der Waals surface area contributed by atoms with Gasteiger partial charge in [0.05, 0.1) is 11.7 Å². The third-order valence-corrected chi connectivity index (χ3v) is 4.60. The van der Waals surface area contributed by atoms with Crippen molar-refractivity contribution in [1.82, 2.24) is 10.5 Å². The number of aromatic nitrogens is 1. The Balaban J connectivity index is 1.76. The Morgan fingerprint density at radius 3 is 2.58 bits per heavy atom. The van der Waals surface area contributed by atoms with Gasteiger partial charge in [-0.2, -0.15) is 13.2 Å². The van der Waals surface area contributed by atoms with E-state index in [0.29, 0.717) is 17.5 Å². The molecule has 0 bridgehead atoms. The number of alkyl halides is 3. The average molecular weight is 368 g/mol. The van der Waals surface area contributed by atoms with Crippen molar-refractivity contribution in [3.05, 3.63) is 41.1 Å². The molecule has 1 saturated carbocycles. The molecule has 1 aromatic heterocycles. The van der Waals surface area contributed by atoms with Crippen LogP contribution >= 0.6 is 0 Å². The van der Waals surface area contributed by atoms with Gasteiger partial charge in [-0.1, -0.05) is 17.3 Å². The number of hydrogen-bond donors (Lipinski definition) is 2. The van der Waals surface area contributed by atoms with E-state index < -0.39 is 23.8 Å². The molecule has 26 heavy (non-hydrogen) atoms. The van der Waals surface area contributed by atoms with E-state index in [1.54, 1.807) is 6.92 Å². The Labute approximate surface area is 148 Å². The summed E-state index contributed by atoms with van der Waals surface area (Å²) in [6.07, 6.45) is -1.99. The number of nitrogens with zero attached hydrogens (tertiary/aromatic N) is 1. The molecule has 2 unspecified atom stereocenters. The zero-order valence-electron chi connectivity index (χ0n) is 14.1. The second-order valence-corrected chi connectivity index (χ2v) is 6.55. The monoisotopic (exact) mass is 368 g/mol. The van der Waals surface area contributed by atoms with Gasteiger partial charge in [0.2, 0.25) is 0 Å². The second kappa shape index (κ2) is 7.11. The summed E-state index contributed by atoms with van der Waals surface area (Å²) in [6, 6.07) is 4.36. The lowest BCUT2D eigenvalue weighted by Crippen LogP contribution is -2.40. The summed E-state index contributed by atoms with van der Waals surface area (Å²) in [4.78, 5) is 12.4. The summed E-state index contributed by atoms with van der Waals surface area (Å²) in [7, 11) is 0. The zero-order valence-corrected chi connectivity index (χ0v) is 14.1. The summed E-state index contributed by atoms with van der Waals surface area (Å²) >= 11 is 0. The van der Waals surface area contributed by atoms with Gasteiger partial charge in [-0.05, 0) is 44.7 Å². The fraction of sp³-hybridized carbons (Fsp3) is 0.444. The summed E-state index contributed by atoms with van der Waals surface area (Å²) in [5, 5.41) is 16.3. The number of carbonyl (C=O) groups excluding carboxylic acids is 1. The van der Waals surface area contributed by atoms with Gasteiger partial charge in [-0.3, -0.25) is 4.79 Å². The Morgan fingerprint density at radius 1 is 1.27 bits per heavy atom. The van der Waals surface area contributed by atoms with Gasteiger partial charge >= 0.3 is 6.18 Å². The lowest BCUT2D eigenvalue weighted by molar-refractivity contribution is -0.137. The number of halogens is 3. The van der Waals surface area contributed by atoms with Crippen LogP contribution < -0.4 is 5.32 Å². The van der Waals surface area contributed by atoms with Crippen molar-refractivity contribution in [2.75, 3.05) is 0 Å². The van der Waals surface area contributed by atoms with Crippen molar-refractivity contribution in [1.29, 1.82) is 0 Å². The molecule has 1 fully saturated rings. The molecule has 1 aliphatic carbocycles. The largest absolute Gasteiger partial charge is 0.416 e. The Bertz CT molecular complexity index is 784. The number of rotatable bonds is 3. The molecule has 8 heteroatoms. The van der Waals surface area contributed by atoms with E-state index >= 15 is 0 Å². The average Bonchev–Trinajstić information content (AvgIpc) is 2.96. The molecule has 0 aliphatic heterocycles. The molecule has 1 amide bonds. The van der Waals surface area contributed by atoms with Gasteiger partial charge in [-0.25, -0.2) is 0 Å². The highest BCUT2D eigenvalue weighted by atomic mass is 19.4. The van der Waals surface area contributed by atoms with Gasteiger partial charge < -0.3 is 14.9 Å². The number of aliphatic hydroxyl groups is 1. The van der Waals surface area contributed by atoms with E-state index in [0.717, 1.165) is 31.4 Å². The molecular formula is C18H19F3N2O3. The van der Waals surface area contributed by atoms with Crippen molar-refractivity contribution in [3.63, 3.8) is 0 Å². The standard InChI is InChI=1S/C18H19F3N2O3/c1-10-15(17(25)22-13-3-2-4-14(24)9-13)23-26-16(10)11-5-7-12(8-6-11)18(19,20)21/h5-8,13-14,24H,2-4,9H2,1H3,(H,22,25). The Morgan fingerprint density at radius 2 is 1.96 bits per heavy atom. The molecule has 1 heterocycles. The van der Waals surface area contributed by atoms with Gasteiger partial charge in [-0.15, -0.1) is 0 Å². The molecule has 0 radical (unpaired) electrons. The number of hydrogen-bond acceptors (Lipinski definition) is 4. The molecule has 2 atom stereocenters. The van der Waals surface area contributed by atoms with Crippen LogP contribution in [0.3, 0.4) is 0 Å². The summed E-state index contributed by atoms with van der Waals surface area (Å²) < 4.78 is 43.2. The predicted molar refractivity (Wildman–Crippen MR) is 87.4 cm³/mol. The maximum absolute atomic E-state index is 12.7. The molecule has 0 saturated heterocycles. The maximum atomic E-state index is 12.7. The van der Waals surface area contributed by atoms with E-state index in [1.165, 1.54) is 12.1 Å². The van der Waals surface area contributed by atoms with E-state index in [1.807, 2.05) is 0 Å². The summed E-state index contributed by atoms with van der Waals surface area (Å²) in [5.41, 5.74) is 0.209. The first-order valence-electron chi connectivity index (χ1n) is 8.38. The lowest BCUT2D eigenvalue weighted by Gasteiger charge is -2.26. The summed E-state index contributed by atoms with van der Waals surface area (Å²) in [6.45, 7) is 1.63. The van der Waals surface area contributed by atoms with Crippen molar-refractivity contribution in [2.45, 2.75) is 50.9 Å². The molecule has 1 aliphatic rings. The molecule has 2 aromatic rings. The van der Waals surface area contributed by atoms with E-state index in [9.17, 15) is 23.1 Å². The number of benzene rings is 1. The number of amides is 1. The maximum Gasteiger partial charge on any atom is 0.416 e. The van der Waals surface area contributed by atoms with E-state index in [4.69, 9.17) is 4.52 Å². The van der Waals surface area contributed by atoms with Crippen LogP contribution in [0.25, 0.3) is 11.3 Å². The van der Waals surface area contributed by atoms with Crippen LogP contribution in [0.2, 0.25) is 0 Å². The van der Waals surface area contributed by atoms with Crippen LogP contribution in [0.4, 0.5) is 13.2 Å². The number of nitrogens with one attached hydrogen (secondary N) is 1. The Hall–Kier alpha value is -2.35. The van der Waals surface area contributed by atoms with Crippen molar-refractivity contribution < 1.29 is 27.6 Å². The van der Waals surface area contributed by atoms with Crippen LogP contribution in [0.1, 0.15) is 47.3 Å². The summed E-state index contributed by atoms with van der Waals surface area (Å²) in [5.74, 6) is -0.156. The van der Waals surface area contributed by atoms with E-state index in [-0.39, 0.29) is 17.5 Å². The van der Waals surface area contributed by atoms with Crippen LogP contribution in [0.15, 0.2) is 28.8 Å². The SMILES string of the molecule is Cc1c(C(=O)NC2CCCC(O)C2)noc1-c1ccc(C(F)(F)F)cc1. The second-order valence-electron chi connectivity index (χ2n) is 6.55. The number of carbonyl (C=O) groups is 1. The molecule has 140 valence electrons. The molecular weight excluding hydrogens is 349 g/mol. The zero-order chi connectivity index (χ0) is 18.9. The minimum absolute atomic E-state index is 0.0972. The van der Waals surface area contributed by atoms with Crippen molar-refractivity contribution in [2.24, 2.45) is 0 Å². The topological polar surface area (TPSA) is 75.4 Å². The normalized spacial score (nSPS) is 20.8. The minimum atomic E-state index is -4.41. The third-order valence-electron chi connectivity index (χ3n) is 4.60. The van der Waals surface area contributed by atoms with Crippen molar-refractivity contribution >= 4 is 5.91 Å². The molecule has 5 nitrogen and oxygen atoms in total. The van der Waals surface area contributed by atoms with Crippen LogP contribution in [0, 0.1) is 6.92 Å². The predicted octanol–water partition coefficient (Wildman–Crippen LogP) is 3.70. The quantitative estimate of drug-likeness (QED) is 0.866. The van der Waals surface area contributed by atoms with Gasteiger partial charge in [0, 0.05) is 17.2 Å². The Kier molecular flexibility index (Phi) is 5.04.